The van der Waals surface area contributed by atoms with E-state index in [1.54, 1.807) is 12.1 Å². The Bertz CT molecular complexity index is 1490. The summed E-state index contributed by atoms with van der Waals surface area (Å²) in [5.74, 6) is -0.450. The number of nitrogens with zero attached hydrogens (tertiary/aromatic N) is 4. The van der Waals surface area contributed by atoms with Crippen LogP contribution in [0.25, 0.3) is 11.1 Å². The Balaban J connectivity index is 1.10. The van der Waals surface area contributed by atoms with Gasteiger partial charge in [-0.05, 0) is 47.4 Å². The molecule has 1 aliphatic rings. The normalized spacial score (nSPS) is 13.6. The number of benzene rings is 3. The van der Waals surface area contributed by atoms with Gasteiger partial charge in [0, 0.05) is 32.7 Å². The van der Waals surface area contributed by atoms with Crippen molar-refractivity contribution in [3.05, 3.63) is 113 Å². The second kappa shape index (κ2) is 12.2. The lowest BCUT2D eigenvalue weighted by Gasteiger charge is -2.35. The van der Waals surface area contributed by atoms with Crippen molar-refractivity contribution in [2.75, 3.05) is 37.6 Å². The fourth-order valence-corrected chi connectivity index (χ4v) is 4.75. The minimum Gasteiger partial charge on any atom is -0.352 e. The molecule has 0 radical (unpaired) electrons. The van der Waals surface area contributed by atoms with E-state index in [1.165, 1.54) is 23.1 Å². The number of carbonyl (C=O) groups is 2. The van der Waals surface area contributed by atoms with Crippen LogP contribution in [0.2, 0.25) is 0 Å². The van der Waals surface area contributed by atoms with E-state index in [4.69, 9.17) is 0 Å². The van der Waals surface area contributed by atoms with E-state index >= 15 is 0 Å². The third-order valence-corrected chi connectivity index (χ3v) is 7.00. The molecule has 0 saturated carbocycles. The molecule has 0 atom stereocenters. The molecule has 0 spiro atoms. The highest BCUT2D eigenvalue weighted by Gasteiger charge is 2.36. The minimum atomic E-state index is -4.61. The first kappa shape index (κ1) is 27.8. The van der Waals surface area contributed by atoms with Crippen molar-refractivity contribution < 1.29 is 22.8 Å². The zero-order chi connectivity index (χ0) is 28.8. The number of amides is 2. The number of nitrogens with one attached hydrogen (secondary N) is 1. The molecule has 2 amide bonds. The number of piperazine rings is 1. The standard InChI is InChI=1S/C31H28F3N5O2/c32-31(33,34)26-9-5-4-8-25(26)30(41)39-20-18-38(19-21-39)28-15-14-27(36-37-28)29(40)35-17-16-22-10-12-24(13-11-22)23-6-2-1-3-7-23/h1-15H,16-21H2,(H,35,40). The van der Waals surface area contributed by atoms with Crippen LogP contribution < -0.4 is 10.2 Å². The number of hydrogen-bond acceptors (Lipinski definition) is 5. The van der Waals surface area contributed by atoms with Crippen LogP contribution in [0.5, 0.6) is 0 Å². The zero-order valence-electron chi connectivity index (χ0n) is 22.1. The number of aromatic nitrogens is 2. The van der Waals surface area contributed by atoms with E-state index in [-0.39, 0.29) is 30.3 Å². The van der Waals surface area contributed by atoms with Gasteiger partial charge in [-0.2, -0.15) is 13.2 Å². The molecular formula is C31H28F3N5O2. The molecule has 1 saturated heterocycles. The summed E-state index contributed by atoms with van der Waals surface area (Å²) in [6.07, 6.45) is -3.94. The van der Waals surface area contributed by atoms with Crippen LogP contribution in [0.15, 0.2) is 91.0 Å². The number of hydrogen-bond donors (Lipinski definition) is 1. The van der Waals surface area contributed by atoms with Crippen molar-refractivity contribution >= 4 is 17.6 Å². The average Bonchev–Trinajstić information content (AvgIpc) is 3.01. The summed E-state index contributed by atoms with van der Waals surface area (Å²) in [5, 5.41) is 11.1. The molecule has 5 rings (SSSR count). The Hall–Kier alpha value is -4.73. The Morgan fingerprint density at radius 1 is 0.756 bits per heavy atom. The zero-order valence-corrected chi connectivity index (χ0v) is 22.1. The highest BCUT2D eigenvalue weighted by atomic mass is 19.4. The molecule has 7 nitrogen and oxygen atoms in total. The third kappa shape index (κ3) is 6.71. The van der Waals surface area contributed by atoms with Crippen molar-refractivity contribution in [1.29, 1.82) is 0 Å². The maximum Gasteiger partial charge on any atom is 0.417 e. The lowest BCUT2D eigenvalue weighted by atomic mass is 10.0. The molecule has 1 aliphatic heterocycles. The predicted molar refractivity (Wildman–Crippen MR) is 150 cm³/mol. The molecule has 0 unspecified atom stereocenters. The summed E-state index contributed by atoms with van der Waals surface area (Å²) in [4.78, 5) is 28.7. The van der Waals surface area contributed by atoms with Crippen molar-refractivity contribution in [3.8, 4) is 11.1 Å². The molecule has 1 aromatic heterocycles. The van der Waals surface area contributed by atoms with Crippen LogP contribution in [0.3, 0.4) is 0 Å². The summed E-state index contributed by atoms with van der Waals surface area (Å²) < 4.78 is 40.0. The van der Waals surface area contributed by atoms with Gasteiger partial charge in [0.2, 0.25) is 0 Å². The minimum absolute atomic E-state index is 0.186. The number of carbonyl (C=O) groups excluding carboxylic acids is 2. The van der Waals surface area contributed by atoms with Gasteiger partial charge in [-0.3, -0.25) is 9.59 Å². The van der Waals surface area contributed by atoms with Crippen LogP contribution in [0.4, 0.5) is 19.0 Å². The topological polar surface area (TPSA) is 78.4 Å². The van der Waals surface area contributed by atoms with Gasteiger partial charge in [0.25, 0.3) is 11.8 Å². The third-order valence-electron chi connectivity index (χ3n) is 7.00. The van der Waals surface area contributed by atoms with E-state index < -0.39 is 17.6 Å². The molecule has 41 heavy (non-hydrogen) atoms. The lowest BCUT2D eigenvalue weighted by molar-refractivity contribution is -0.138. The van der Waals surface area contributed by atoms with Crippen LogP contribution in [-0.2, 0) is 12.6 Å². The summed E-state index contributed by atoms with van der Waals surface area (Å²) in [6, 6.07) is 26.4. The van der Waals surface area contributed by atoms with E-state index in [2.05, 4.69) is 39.8 Å². The molecule has 1 fully saturated rings. The Morgan fingerprint density at radius 3 is 2.07 bits per heavy atom. The van der Waals surface area contributed by atoms with Gasteiger partial charge in [0.15, 0.2) is 11.5 Å². The van der Waals surface area contributed by atoms with Gasteiger partial charge >= 0.3 is 6.18 Å². The van der Waals surface area contributed by atoms with E-state index in [0.717, 1.165) is 22.8 Å². The largest absolute Gasteiger partial charge is 0.417 e. The second-order valence-corrected chi connectivity index (χ2v) is 9.67. The molecular weight excluding hydrogens is 531 g/mol. The molecule has 0 aliphatic carbocycles. The molecule has 2 heterocycles. The quantitative estimate of drug-likeness (QED) is 0.341. The summed E-state index contributed by atoms with van der Waals surface area (Å²) in [7, 11) is 0. The smallest absolute Gasteiger partial charge is 0.352 e. The van der Waals surface area contributed by atoms with Gasteiger partial charge in [0.05, 0.1) is 11.1 Å². The highest BCUT2D eigenvalue weighted by molar-refractivity contribution is 5.96. The molecule has 3 aromatic carbocycles. The first-order valence-electron chi connectivity index (χ1n) is 13.3. The van der Waals surface area contributed by atoms with Crippen molar-refractivity contribution in [2.24, 2.45) is 0 Å². The maximum absolute atomic E-state index is 13.3. The molecule has 210 valence electrons. The number of anilines is 1. The summed E-state index contributed by atoms with van der Waals surface area (Å²) in [5.41, 5.74) is 2.28. The Kier molecular flexibility index (Phi) is 8.28. The van der Waals surface area contributed by atoms with Crippen molar-refractivity contribution in [1.82, 2.24) is 20.4 Å². The first-order chi connectivity index (χ1) is 19.8. The summed E-state index contributed by atoms with van der Waals surface area (Å²) >= 11 is 0. The monoisotopic (exact) mass is 559 g/mol. The van der Waals surface area contributed by atoms with E-state index in [1.807, 2.05) is 35.2 Å². The van der Waals surface area contributed by atoms with Gasteiger partial charge < -0.3 is 15.1 Å². The Morgan fingerprint density at radius 2 is 1.41 bits per heavy atom. The number of halogens is 3. The van der Waals surface area contributed by atoms with Crippen molar-refractivity contribution in [3.63, 3.8) is 0 Å². The van der Waals surface area contributed by atoms with Crippen molar-refractivity contribution in [2.45, 2.75) is 12.6 Å². The van der Waals surface area contributed by atoms with Gasteiger partial charge in [-0.25, -0.2) is 0 Å². The average molecular weight is 560 g/mol. The van der Waals surface area contributed by atoms with E-state index in [9.17, 15) is 22.8 Å². The Labute approximate surface area is 235 Å². The first-order valence-corrected chi connectivity index (χ1v) is 13.3. The van der Waals surface area contributed by atoms with Gasteiger partial charge in [0.1, 0.15) is 0 Å². The van der Waals surface area contributed by atoms with E-state index in [0.29, 0.717) is 31.9 Å². The lowest BCUT2D eigenvalue weighted by Crippen LogP contribution is -2.49. The van der Waals surface area contributed by atoms with Gasteiger partial charge in [-0.15, -0.1) is 10.2 Å². The van der Waals surface area contributed by atoms with Crippen LogP contribution in [0.1, 0.15) is 32.0 Å². The highest BCUT2D eigenvalue weighted by Crippen LogP contribution is 2.32. The fraction of sp³-hybridized carbons (Fsp3) is 0.226. The maximum atomic E-state index is 13.3. The second-order valence-electron chi connectivity index (χ2n) is 9.67. The molecule has 10 heteroatoms. The van der Waals surface area contributed by atoms with Crippen LogP contribution in [-0.4, -0.2) is 59.6 Å². The predicted octanol–water partition coefficient (Wildman–Crippen LogP) is 5.10. The molecule has 4 aromatic rings. The summed E-state index contributed by atoms with van der Waals surface area (Å²) in [6.45, 7) is 1.68. The SMILES string of the molecule is O=C(NCCc1ccc(-c2ccccc2)cc1)c1ccc(N2CCN(C(=O)c3ccccc3C(F)(F)F)CC2)nn1. The number of rotatable bonds is 7. The van der Waals surface area contributed by atoms with Gasteiger partial charge in [-0.1, -0.05) is 66.7 Å². The van der Waals surface area contributed by atoms with Crippen LogP contribution in [0, 0.1) is 0 Å². The molecule has 1 N–H and O–H groups in total. The van der Waals surface area contributed by atoms with Crippen LogP contribution >= 0.6 is 0 Å². The fourth-order valence-electron chi connectivity index (χ4n) is 4.75. The molecule has 0 bridgehead atoms. The number of alkyl halides is 3.